The summed E-state index contributed by atoms with van der Waals surface area (Å²) in [5, 5.41) is 9.55. The Kier molecular flexibility index (Phi) is 9.67. The Labute approximate surface area is 140 Å². The van der Waals surface area contributed by atoms with Gasteiger partial charge in [-0.15, -0.1) is 0 Å². The summed E-state index contributed by atoms with van der Waals surface area (Å²) in [6.07, 6.45) is 4.89. The lowest BCUT2D eigenvalue weighted by atomic mass is 10.0. The lowest BCUT2D eigenvalue weighted by molar-refractivity contribution is -0.121. The van der Waals surface area contributed by atoms with Gasteiger partial charge in [0.25, 0.3) is 0 Å². The van der Waals surface area contributed by atoms with Crippen molar-refractivity contribution in [1.82, 2.24) is 16.0 Å². The molecule has 1 saturated carbocycles. The van der Waals surface area contributed by atoms with E-state index < -0.39 is 0 Å². The molecule has 0 radical (unpaired) electrons. The lowest BCUT2D eigenvalue weighted by Crippen LogP contribution is -2.40. The first-order valence-corrected chi connectivity index (χ1v) is 8.92. The summed E-state index contributed by atoms with van der Waals surface area (Å²) in [5.74, 6) is 1.46. The molecule has 1 rings (SSSR count). The Hall–Kier alpha value is -1.30. The zero-order valence-electron chi connectivity index (χ0n) is 15.2. The highest BCUT2D eigenvalue weighted by Crippen LogP contribution is 2.18. The highest BCUT2D eigenvalue weighted by molar-refractivity contribution is 5.79. The molecule has 1 unspecified atom stereocenters. The maximum absolute atomic E-state index is 11.6. The van der Waals surface area contributed by atoms with Gasteiger partial charge >= 0.3 is 0 Å². The van der Waals surface area contributed by atoms with Crippen LogP contribution in [-0.2, 0) is 9.53 Å². The van der Waals surface area contributed by atoms with Crippen LogP contribution in [0.4, 0.5) is 0 Å². The van der Waals surface area contributed by atoms with E-state index in [1.165, 1.54) is 0 Å². The number of nitrogens with zero attached hydrogens (tertiary/aromatic N) is 1. The summed E-state index contributed by atoms with van der Waals surface area (Å²) in [5.41, 5.74) is 0. The van der Waals surface area contributed by atoms with E-state index in [-0.39, 0.29) is 12.0 Å². The number of guanidine groups is 1. The van der Waals surface area contributed by atoms with E-state index in [1.807, 2.05) is 6.92 Å². The van der Waals surface area contributed by atoms with Crippen LogP contribution in [0.2, 0.25) is 0 Å². The second-order valence-electron chi connectivity index (χ2n) is 6.40. The van der Waals surface area contributed by atoms with Crippen LogP contribution in [0.5, 0.6) is 0 Å². The molecule has 0 saturated heterocycles. The molecule has 0 aromatic carbocycles. The first kappa shape index (κ1) is 19.7. The zero-order chi connectivity index (χ0) is 17.1. The number of ether oxygens (including phenoxy) is 1. The molecule has 0 heterocycles. The van der Waals surface area contributed by atoms with Crippen molar-refractivity contribution in [2.75, 3.05) is 26.7 Å². The molecule has 0 spiro atoms. The number of hydrogen-bond acceptors (Lipinski definition) is 3. The third kappa shape index (κ3) is 9.43. The predicted octanol–water partition coefficient (Wildman–Crippen LogP) is 1.66. The monoisotopic (exact) mass is 326 g/mol. The van der Waals surface area contributed by atoms with Crippen molar-refractivity contribution in [3.05, 3.63) is 0 Å². The van der Waals surface area contributed by atoms with E-state index in [0.717, 1.165) is 51.3 Å². The van der Waals surface area contributed by atoms with Crippen molar-refractivity contribution < 1.29 is 9.53 Å². The molecule has 134 valence electrons. The highest BCUT2D eigenvalue weighted by Gasteiger charge is 2.22. The van der Waals surface area contributed by atoms with Gasteiger partial charge in [0.15, 0.2) is 5.96 Å². The SMILES string of the molecule is CCOC(CCNC(=NC)NCCCC(=O)NC1CC1)C(C)C. The Balaban J connectivity index is 2.09. The Morgan fingerprint density at radius 1 is 1.26 bits per heavy atom. The molecule has 1 amide bonds. The van der Waals surface area contributed by atoms with E-state index in [2.05, 4.69) is 34.8 Å². The highest BCUT2D eigenvalue weighted by atomic mass is 16.5. The van der Waals surface area contributed by atoms with Gasteiger partial charge in [-0.25, -0.2) is 0 Å². The molecule has 0 aromatic heterocycles. The minimum absolute atomic E-state index is 0.161. The van der Waals surface area contributed by atoms with Crippen LogP contribution in [0.3, 0.4) is 0 Å². The van der Waals surface area contributed by atoms with Crippen molar-refractivity contribution in [2.45, 2.75) is 65.0 Å². The minimum Gasteiger partial charge on any atom is -0.378 e. The van der Waals surface area contributed by atoms with E-state index in [0.29, 0.717) is 18.4 Å². The van der Waals surface area contributed by atoms with Crippen LogP contribution in [-0.4, -0.2) is 50.8 Å². The first-order valence-electron chi connectivity index (χ1n) is 8.92. The number of rotatable bonds is 11. The molecule has 0 aromatic rings. The standard InChI is InChI=1S/C17H34N4O2/c1-5-23-15(13(2)3)10-12-20-17(18-4)19-11-6-7-16(22)21-14-8-9-14/h13-15H,5-12H2,1-4H3,(H,21,22)(H2,18,19,20). The fraction of sp³-hybridized carbons (Fsp3) is 0.882. The maximum Gasteiger partial charge on any atom is 0.220 e. The molecule has 6 heteroatoms. The maximum atomic E-state index is 11.6. The van der Waals surface area contributed by atoms with Gasteiger partial charge in [0.2, 0.25) is 5.91 Å². The fourth-order valence-electron chi connectivity index (χ4n) is 2.36. The second kappa shape index (κ2) is 11.3. The van der Waals surface area contributed by atoms with Gasteiger partial charge in [-0.3, -0.25) is 9.79 Å². The van der Waals surface area contributed by atoms with Gasteiger partial charge < -0.3 is 20.7 Å². The summed E-state index contributed by atoms with van der Waals surface area (Å²) in [6, 6.07) is 0.448. The van der Waals surface area contributed by atoms with Crippen molar-refractivity contribution in [3.63, 3.8) is 0 Å². The van der Waals surface area contributed by atoms with Gasteiger partial charge in [-0.05, 0) is 38.5 Å². The van der Waals surface area contributed by atoms with Gasteiger partial charge in [0, 0.05) is 39.2 Å². The van der Waals surface area contributed by atoms with Crippen LogP contribution < -0.4 is 16.0 Å². The van der Waals surface area contributed by atoms with Gasteiger partial charge in [-0.1, -0.05) is 13.8 Å². The molecular formula is C17H34N4O2. The van der Waals surface area contributed by atoms with Crippen LogP contribution >= 0.6 is 0 Å². The largest absolute Gasteiger partial charge is 0.378 e. The number of aliphatic imine (C=N–C) groups is 1. The molecule has 6 nitrogen and oxygen atoms in total. The Morgan fingerprint density at radius 2 is 1.96 bits per heavy atom. The molecule has 1 atom stereocenters. The van der Waals surface area contributed by atoms with Crippen molar-refractivity contribution >= 4 is 11.9 Å². The molecular weight excluding hydrogens is 292 g/mol. The summed E-state index contributed by atoms with van der Waals surface area (Å²) >= 11 is 0. The second-order valence-corrected chi connectivity index (χ2v) is 6.40. The number of nitrogens with one attached hydrogen (secondary N) is 3. The summed E-state index contributed by atoms with van der Waals surface area (Å²) in [4.78, 5) is 15.8. The molecule has 3 N–H and O–H groups in total. The summed E-state index contributed by atoms with van der Waals surface area (Å²) in [7, 11) is 1.76. The third-order valence-corrected chi connectivity index (χ3v) is 3.88. The molecule has 23 heavy (non-hydrogen) atoms. The van der Waals surface area contributed by atoms with Crippen LogP contribution in [0, 0.1) is 5.92 Å². The fourth-order valence-corrected chi connectivity index (χ4v) is 2.36. The zero-order valence-corrected chi connectivity index (χ0v) is 15.2. The molecule has 0 aliphatic heterocycles. The first-order chi connectivity index (χ1) is 11.1. The normalized spacial score (nSPS) is 16.3. The van der Waals surface area contributed by atoms with E-state index >= 15 is 0 Å². The summed E-state index contributed by atoms with van der Waals surface area (Å²) in [6.45, 7) is 8.71. The topological polar surface area (TPSA) is 74.8 Å². The number of hydrogen-bond donors (Lipinski definition) is 3. The van der Waals surface area contributed by atoms with Crippen molar-refractivity contribution in [1.29, 1.82) is 0 Å². The number of carbonyl (C=O) groups excluding carboxylic acids is 1. The summed E-state index contributed by atoms with van der Waals surface area (Å²) < 4.78 is 5.74. The van der Waals surface area contributed by atoms with Crippen LogP contribution in [0.25, 0.3) is 0 Å². The van der Waals surface area contributed by atoms with Gasteiger partial charge in [0.05, 0.1) is 6.10 Å². The number of carbonyl (C=O) groups is 1. The average molecular weight is 326 g/mol. The lowest BCUT2D eigenvalue weighted by Gasteiger charge is -2.21. The molecule has 0 bridgehead atoms. The predicted molar refractivity (Wildman–Crippen MR) is 94.6 cm³/mol. The number of amides is 1. The van der Waals surface area contributed by atoms with Crippen LogP contribution in [0.1, 0.15) is 52.9 Å². The Bertz CT molecular complexity index is 368. The van der Waals surface area contributed by atoms with E-state index in [1.54, 1.807) is 7.05 Å². The molecule has 1 aliphatic carbocycles. The third-order valence-electron chi connectivity index (χ3n) is 3.88. The van der Waals surface area contributed by atoms with E-state index in [4.69, 9.17) is 4.74 Å². The van der Waals surface area contributed by atoms with Crippen molar-refractivity contribution in [3.8, 4) is 0 Å². The quantitative estimate of drug-likeness (QED) is 0.307. The minimum atomic E-state index is 0.161. The molecule has 1 aliphatic rings. The molecule has 1 fully saturated rings. The Morgan fingerprint density at radius 3 is 2.52 bits per heavy atom. The average Bonchev–Trinajstić information content (AvgIpc) is 3.32. The van der Waals surface area contributed by atoms with Gasteiger partial charge in [-0.2, -0.15) is 0 Å². The van der Waals surface area contributed by atoms with E-state index in [9.17, 15) is 4.79 Å². The van der Waals surface area contributed by atoms with Gasteiger partial charge in [0.1, 0.15) is 0 Å². The van der Waals surface area contributed by atoms with Crippen molar-refractivity contribution in [2.24, 2.45) is 10.9 Å². The van der Waals surface area contributed by atoms with Crippen LogP contribution in [0.15, 0.2) is 4.99 Å². The smallest absolute Gasteiger partial charge is 0.220 e.